The van der Waals surface area contributed by atoms with Crippen molar-refractivity contribution >= 4 is 29.0 Å². The van der Waals surface area contributed by atoms with Crippen molar-refractivity contribution in [3.63, 3.8) is 0 Å². The van der Waals surface area contributed by atoms with Crippen LogP contribution in [0.4, 0.5) is 5.82 Å². The van der Waals surface area contributed by atoms with Gasteiger partial charge in [-0.2, -0.15) is 0 Å². The van der Waals surface area contributed by atoms with E-state index in [1.807, 2.05) is 0 Å². The molecule has 1 aliphatic rings. The Labute approximate surface area is 106 Å². The van der Waals surface area contributed by atoms with Gasteiger partial charge in [0.25, 0.3) is 0 Å². The van der Waals surface area contributed by atoms with Crippen LogP contribution in [0.2, 0.25) is 5.15 Å². The molecular weight excluding hydrogens is 245 g/mol. The fourth-order valence-electron chi connectivity index (χ4n) is 2.16. The summed E-state index contributed by atoms with van der Waals surface area (Å²) in [4.78, 5) is 10.6. The Bertz CT molecular complexity index is 370. The first-order valence-electron chi connectivity index (χ1n) is 5.56. The largest absolute Gasteiger partial charge is 0.354 e. The molecule has 1 atom stereocenters. The minimum absolute atomic E-state index is 0.359. The van der Waals surface area contributed by atoms with E-state index < -0.39 is 0 Å². The number of alkyl halides is 1. The van der Waals surface area contributed by atoms with Gasteiger partial charge >= 0.3 is 0 Å². The normalized spacial score (nSPS) is 21.2. The minimum atomic E-state index is 0.359. The van der Waals surface area contributed by atoms with Gasteiger partial charge in [0.1, 0.15) is 17.3 Å². The molecule has 0 bridgehead atoms. The molecule has 16 heavy (non-hydrogen) atoms. The van der Waals surface area contributed by atoms with Crippen LogP contribution in [-0.2, 0) is 5.88 Å². The molecule has 1 aromatic rings. The SMILES string of the molecule is CC1CCCCN1c1ncnc(Cl)c1CCl. The smallest absolute Gasteiger partial charge is 0.138 e. The second-order valence-corrected chi connectivity index (χ2v) is 4.76. The Hall–Kier alpha value is -0.540. The minimum Gasteiger partial charge on any atom is -0.354 e. The summed E-state index contributed by atoms with van der Waals surface area (Å²) in [6.45, 7) is 3.24. The molecule has 88 valence electrons. The summed E-state index contributed by atoms with van der Waals surface area (Å²) < 4.78 is 0. The van der Waals surface area contributed by atoms with Crippen LogP contribution in [0.1, 0.15) is 31.7 Å². The quantitative estimate of drug-likeness (QED) is 0.603. The van der Waals surface area contributed by atoms with Crippen molar-refractivity contribution in [1.29, 1.82) is 0 Å². The van der Waals surface area contributed by atoms with Crippen molar-refractivity contribution in [2.75, 3.05) is 11.4 Å². The van der Waals surface area contributed by atoms with Gasteiger partial charge < -0.3 is 4.90 Å². The third-order valence-electron chi connectivity index (χ3n) is 3.08. The zero-order valence-corrected chi connectivity index (χ0v) is 10.8. The molecule has 5 heteroatoms. The molecule has 0 radical (unpaired) electrons. The van der Waals surface area contributed by atoms with E-state index in [1.165, 1.54) is 25.6 Å². The topological polar surface area (TPSA) is 29.0 Å². The van der Waals surface area contributed by atoms with E-state index in [4.69, 9.17) is 23.2 Å². The Morgan fingerprint density at radius 2 is 2.25 bits per heavy atom. The number of piperidine rings is 1. The molecule has 1 saturated heterocycles. The highest BCUT2D eigenvalue weighted by Crippen LogP contribution is 2.29. The van der Waals surface area contributed by atoms with Crippen molar-refractivity contribution in [3.8, 4) is 0 Å². The van der Waals surface area contributed by atoms with E-state index >= 15 is 0 Å². The number of nitrogens with zero attached hydrogens (tertiary/aromatic N) is 3. The van der Waals surface area contributed by atoms with Crippen LogP contribution in [0.3, 0.4) is 0 Å². The number of halogens is 2. The Balaban J connectivity index is 2.34. The highest BCUT2D eigenvalue weighted by molar-refractivity contribution is 6.31. The van der Waals surface area contributed by atoms with Crippen LogP contribution in [0.25, 0.3) is 0 Å². The van der Waals surface area contributed by atoms with Gasteiger partial charge in [0.05, 0.1) is 5.88 Å². The maximum Gasteiger partial charge on any atom is 0.138 e. The van der Waals surface area contributed by atoms with Crippen LogP contribution >= 0.6 is 23.2 Å². The maximum atomic E-state index is 6.03. The first-order valence-corrected chi connectivity index (χ1v) is 6.47. The predicted octanol–water partition coefficient (Wildman–Crippen LogP) is 3.25. The molecule has 2 heterocycles. The average Bonchev–Trinajstić information content (AvgIpc) is 2.29. The van der Waals surface area contributed by atoms with E-state index in [9.17, 15) is 0 Å². The van der Waals surface area contributed by atoms with Gasteiger partial charge in [-0.3, -0.25) is 0 Å². The van der Waals surface area contributed by atoms with E-state index in [0.29, 0.717) is 17.1 Å². The number of hydrogen-bond acceptors (Lipinski definition) is 3. The van der Waals surface area contributed by atoms with E-state index in [0.717, 1.165) is 17.9 Å². The molecule has 0 aliphatic carbocycles. The lowest BCUT2D eigenvalue weighted by Crippen LogP contribution is -2.38. The van der Waals surface area contributed by atoms with Gasteiger partial charge in [-0.25, -0.2) is 9.97 Å². The number of aromatic nitrogens is 2. The zero-order chi connectivity index (χ0) is 11.5. The molecule has 2 rings (SSSR count). The second-order valence-electron chi connectivity index (χ2n) is 4.14. The van der Waals surface area contributed by atoms with Crippen LogP contribution in [0.15, 0.2) is 6.33 Å². The van der Waals surface area contributed by atoms with Crippen molar-refractivity contribution in [3.05, 3.63) is 17.0 Å². The second kappa shape index (κ2) is 5.19. The molecule has 0 N–H and O–H groups in total. The molecule has 3 nitrogen and oxygen atoms in total. The summed E-state index contributed by atoms with van der Waals surface area (Å²) in [6, 6.07) is 0.502. The monoisotopic (exact) mass is 259 g/mol. The summed E-state index contributed by atoms with van der Waals surface area (Å²) >= 11 is 11.9. The van der Waals surface area contributed by atoms with Crippen LogP contribution < -0.4 is 4.90 Å². The van der Waals surface area contributed by atoms with Crippen LogP contribution in [-0.4, -0.2) is 22.6 Å². The number of rotatable bonds is 2. The lowest BCUT2D eigenvalue weighted by Gasteiger charge is -2.35. The third-order valence-corrected chi connectivity index (χ3v) is 3.67. The molecule has 0 amide bonds. The lowest BCUT2D eigenvalue weighted by molar-refractivity contribution is 0.480. The Morgan fingerprint density at radius 3 is 2.94 bits per heavy atom. The van der Waals surface area contributed by atoms with Crippen molar-refractivity contribution in [2.24, 2.45) is 0 Å². The fourth-order valence-corrected chi connectivity index (χ4v) is 2.67. The van der Waals surface area contributed by atoms with Gasteiger partial charge in [0.15, 0.2) is 0 Å². The van der Waals surface area contributed by atoms with Gasteiger partial charge in [-0.15, -0.1) is 11.6 Å². The van der Waals surface area contributed by atoms with Crippen molar-refractivity contribution in [2.45, 2.75) is 38.1 Å². The van der Waals surface area contributed by atoms with Crippen molar-refractivity contribution in [1.82, 2.24) is 9.97 Å². The highest BCUT2D eigenvalue weighted by Gasteiger charge is 2.23. The van der Waals surface area contributed by atoms with Crippen molar-refractivity contribution < 1.29 is 0 Å². The molecular formula is C11H15Cl2N3. The van der Waals surface area contributed by atoms with Crippen LogP contribution in [0, 0.1) is 0 Å². The number of hydrogen-bond donors (Lipinski definition) is 0. The van der Waals surface area contributed by atoms with Gasteiger partial charge in [-0.05, 0) is 26.2 Å². The molecule has 1 fully saturated rings. The van der Waals surface area contributed by atoms with Crippen LogP contribution in [0.5, 0.6) is 0 Å². The van der Waals surface area contributed by atoms with E-state index in [-0.39, 0.29) is 0 Å². The maximum absolute atomic E-state index is 6.03. The average molecular weight is 260 g/mol. The fraction of sp³-hybridized carbons (Fsp3) is 0.636. The lowest BCUT2D eigenvalue weighted by atomic mass is 10.0. The summed E-state index contributed by atoms with van der Waals surface area (Å²) in [7, 11) is 0. The van der Waals surface area contributed by atoms with E-state index in [2.05, 4.69) is 21.8 Å². The molecule has 0 saturated carbocycles. The predicted molar refractivity (Wildman–Crippen MR) is 67.3 cm³/mol. The molecule has 0 spiro atoms. The third kappa shape index (κ3) is 2.25. The summed E-state index contributed by atoms with van der Waals surface area (Å²) in [5, 5.41) is 0.470. The van der Waals surface area contributed by atoms with Gasteiger partial charge in [-0.1, -0.05) is 11.6 Å². The molecule has 0 aromatic carbocycles. The first kappa shape index (κ1) is 11.9. The Kier molecular flexibility index (Phi) is 3.87. The van der Waals surface area contributed by atoms with E-state index in [1.54, 1.807) is 0 Å². The standard InChI is InChI=1S/C11H15Cl2N3/c1-8-4-2-3-5-16(8)11-9(6-12)10(13)14-7-15-11/h7-8H,2-6H2,1H3. The zero-order valence-electron chi connectivity index (χ0n) is 9.29. The summed E-state index contributed by atoms with van der Waals surface area (Å²) in [6.07, 6.45) is 5.19. The summed E-state index contributed by atoms with van der Waals surface area (Å²) in [5.74, 6) is 1.26. The molecule has 1 unspecified atom stereocenters. The molecule has 1 aliphatic heterocycles. The highest BCUT2D eigenvalue weighted by atomic mass is 35.5. The molecule has 1 aromatic heterocycles. The van der Waals surface area contributed by atoms with Gasteiger partial charge in [0.2, 0.25) is 0 Å². The summed E-state index contributed by atoms with van der Waals surface area (Å²) in [5.41, 5.74) is 0.847. The first-order chi connectivity index (χ1) is 7.74. The number of anilines is 1. The van der Waals surface area contributed by atoms with Gasteiger partial charge in [0, 0.05) is 18.2 Å². The Morgan fingerprint density at radius 1 is 1.44 bits per heavy atom.